The molecule has 0 aliphatic heterocycles. The minimum atomic E-state index is -0.0331. The Morgan fingerprint density at radius 3 is 3.00 bits per heavy atom. The lowest BCUT2D eigenvalue weighted by Crippen LogP contribution is -2.19. The van der Waals surface area contributed by atoms with E-state index in [0.29, 0.717) is 13.0 Å². The predicted molar refractivity (Wildman–Crippen MR) is 66.8 cm³/mol. The van der Waals surface area contributed by atoms with Crippen molar-refractivity contribution in [2.75, 3.05) is 6.54 Å². The second-order valence-corrected chi connectivity index (χ2v) is 4.18. The van der Waals surface area contributed by atoms with E-state index in [1.165, 1.54) is 6.92 Å². The molecule has 3 heteroatoms. The van der Waals surface area contributed by atoms with Crippen molar-refractivity contribution in [3.05, 3.63) is 41.0 Å². The van der Waals surface area contributed by atoms with Crippen LogP contribution < -0.4 is 5.32 Å². The number of ketones is 1. The maximum Gasteiger partial charge on any atom is 0.217 e. The summed E-state index contributed by atoms with van der Waals surface area (Å²) in [6.07, 6.45) is 5.34. The van der Waals surface area contributed by atoms with Crippen molar-refractivity contribution in [2.45, 2.75) is 19.8 Å². The summed E-state index contributed by atoms with van der Waals surface area (Å²) in [5.41, 5.74) is 3.07. The smallest absolute Gasteiger partial charge is 0.217 e. The Hall–Kier alpha value is -1.90. The Morgan fingerprint density at radius 1 is 1.41 bits per heavy atom. The normalized spacial score (nSPS) is 14.1. The lowest BCUT2D eigenvalue weighted by molar-refractivity contribution is -0.118. The van der Waals surface area contributed by atoms with E-state index >= 15 is 0 Å². The standard InChI is InChI=1S/C14H15NO2/c1-10(16)15-8-2-3-11-4-6-13-12(9-11)5-7-14(13)17/h2-4,6,9H,5,7-8H2,1H3,(H,15,16). The molecular formula is C14H15NO2. The zero-order valence-electron chi connectivity index (χ0n) is 9.82. The van der Waals surface area contributed by atoms with E-state index in [2.05, 4.69) is 5.32 Å². The molecule has 2 rings (SSSR count). The second kappa shape index (κ2) is 4.95. The van der Waals surface area contributed by atoms with Crippen LogP contribution in [-0.4, -0.2) is 18.2 Å². The molecule has 1 amide bonds. The van der Waals surface area contributed by atoms with Crippen LogP contribution in [0.15, 0.2) is 24.3 Å². The fourth-order valence-electron chi connectivity index (χ4n) is 1.98. The molecule has 0 fully saturated rings. The van der Waals surface area contributed by atoms with Gasteiger partial charge in [0.05, 0.1) is 0 Å². The number of fused-ring (bicyclic) bond motifs is 1. The number of carbonyl (C=O) groups excluding carboxylic acids is 2. The van der Waals surface area contributed by atoms with Gasteiger partial charge < -0.3 is 5.32 Å². The SMILES string of the molecule is CC(=O)NCC=Cc1ccc2c(c1)CCC2=O. The van der Waals surface area contributed by atoms with Crippen LogP contribution in [0, 0.1) is 0 Å². The Balaban J connectivity index is 2.03. The number of carbonyl (C=O) groups is 2. The molecule has 0 radical (unpaired) electrons. The highest BCUT2D eigenvalue weighted by atomic mass is 16.1. The van der Waals surface area contributed by atoms with Crippen LogP contribution in [0.2, 0.25) is 0 Å². The number of nitrogens with one attached hydrogen (secondary N) is 1. The number of Topliss-reactive ketones (excluding diaryl/α,β-unsaturated/α-hetero) is 1. The summed E-state index contributed by atoms with van der Waals surface area (Å²) >= 11 is 0. The molecule has 3 nitrogen and oxygen atoms in total. The van der Waals surface area contributed by atoms with Gasteiger partial charge in [-0.1, -0.05) is 30.4 Å². The number of hydrogen-bond donors (Lipinski definition) is 1. The Bertz CT molecular complexity index is 489. The van der Waals surface area contributed by atoms with E-state index < -0.39 is 0 Å². The van der Waals surface area contributed by atoms with Gasteiger partial charge in [0.1, 0.15) is 0 Å². The molecule has 0 saturated heterocycles. The third-order valence-electron chi connectivity index (χ3n) is 2.83. The van der Waals surface area contributed by atoms with Crippen LogP contribution >= 0.6 is 0 Å². The average Bonchev–Trinajstić information content (AvgIpc) is 2.66. The van der Waals surface area contributed by atoms with Gasteiger partial charge in [-0.15, -0.1) is 0 Å². The van der Waals surface area contributed by atoms with Gasteiger partial charge >= 0.3 is 0 Å². The van der Waals surface area contributed by atoms with E-state index in [0.717, 1.165) is 23.1 Å². The number of aryl methyl sites for hydroxylation is 1. The van der Waals surface area contributed by atoms with Crippen LogP contribution in [0.3, 0.4) is 0 Å². The molecule has 0 heterocycles. The summed E-state index contributed by atoms with van der Waals surface area (Å²) in [6, 6.07) is 5.87. The first-order chi connectivity index (χ1) is 8.16. The highest BCUT2D eigenvalue weighted by Gasteiger charge is 2.18. The molecule has 1 aliphatic carbocycles. The van der Waals surface area contributed by atoms with Gasteiger partial charge in [-0.3, -0.25) is 9.59 Å². The monoisotopic (exact) mass is 229 g/mol. The third-order valence-corrected chi connectivity index (χ3v) is 2.83. The molecular weight excluding hydrogens is 214 g/mol. The van der Waals surface area contributed by atoms with E-state index in [1.54, 1.807) is 0 Å². The van der Waals surface area contributed by atoms with Crippen LogP contribution in [0.25, 0.3) is 6.08 Å². The lowest BCUT2D eigenvalue weighted by atomic mass is 10.1. The predicted octanol–water partition coefficient (Wildman–Crippen LogP) is 1.96. The second-order valence-electron chi connectivity index (χ2n) is 4.18. The van der Waals surface area contributed by atoms with Crippen molar-refractivity contribution >= 4 is 17.8 Å². The maximum absolute atomic E-state index is 11.4. The molecule has 1 N–H and O–H groups in total. The van der Waals surface area contributed by atoms with Crippen molar-refractivity contribution in [3.63, 3.8) is 0 Å². The highest BCUT2D eigenvalue weighted by Crippen LogP contribution is 2.23. The van der Waals surface area contributed by atoms with Gasteiger partial charge in [0, 0.05) is 25.5 Å². The summed E-state index contributed by atoms with van der Waals surface area (Å²) in [5, 5.41) is 2.70. The molecule has 0 spiro atoms. The zero-order chi connectivity index (χ0) is 12.3. The van der Waals surface area contributed by atoms with Crippen molar-refractivity contribution in [3.8, 4) is 0 Å². The number of benzene rings is 1. The van der Waals surface area contributed by atoms with Crippen LogP contribution in [0.4, 0.5) is 0 Å². The molecule has 0 saturated carbocycles. The van der Waals surface area contributed by atoms with Gasteiger partial charge in [-0.2, -0.15) is 0 Å². The average molecular weight is 229 g/mol. The van der Waals surface area contributed by atoms with Gasteiger partial charge in [0.2, 0.25) is 5.91 Å². The maximum atomic E-state index is 11.4. The van der Waals surface area contributed by atoms with Crippen molar-refractivity contribution in [1.29, 1.82) is 0 Å². The first-order valence-electron chi connectivity index (χ1n) is 5.74. The molecule has 0 bridgehead atoms. The van der Waals surface area contributed by atoms with Crippen LogP contribution in [-0.2, 0) is 11.2 Å². The summed E-state index contributed by atoms with van der Waals surface area (Å²) in [5.74, 6) is 0.211. The first-order valence-corrected chi connectivity index (χ1v) is 5.74. The third kappa shape index (κ3) is 2.81. The number of amides is 1. The fourth-order valence-corrected chi connectivity index (χ4v) is 1.98. The Kier molecular flexibility index (Phi) is 3.38. The summed E-state index contributed by atoms with van der Waals surface area (Å²) < 4.78 is 0. The topological polar surface area (TPSA) is 46.2 Å². The molecule has 17 heavy (non-hydrogen) atoms. The van der Waals surface area contributed by atoms with Crippen molar-refractivity contribution in [1.82, 2.24) is 5.32 Å². The van der Waals surface area contributed by atoms with Gasteiger partial charge in [0.25, 0.3) is 0 Å². The summed E-state index contributed by atoms with van der Waals surface area (Å²) in [7, 11) is 0. The number of hydrogen-bond acceptors (Lipinski definition) is 2. The van der Waals surface area contributed by atoms with E-state index in [9.17, 15) is 9.59 Å². The quantitative estimate of drug-likeness (QED) is 0.861. The lowest BCUT2D eigenvalue weighted by Gasteiger charge is -2.00. The largest absolute Gasteiger partial charge is 0.353 e. The molecule has 0 atom stereocenters. The number of rotatable bonds is 3. The molecule has 1 aliphatic rings. The van der Waals surface area contributed by atoms with Crippen LogP contribution in [0.5, 0.6) is 0 Å². The fraction of sp³-hybridized carbons (Fsp3) is 0.286. The van der Waals surface area contributed by atoms with Gasteiger partial charge in [-0.05, 0) is 17.5 Å². The van der Waals surface area contributed by atoms with E-state index in [1.807, 2.05) is 30.4 Å². The molecule has 0 aromatic heterocycles. The molecule has 88 valence electrons. The van der Waals surface area contributed by atoms with E-state index in [4.69, 9.17) is 0 Å². The minimum Gasteiger partial charge on any atom is -0.353 e. The van der Waals surface area contributed by atoms with Gasteiger partial charge in [-0.25, -0.2) is 0 Å². The van der Waals surface area contributed by atoms with Crippen LogP contribution in [0.1, 0.15) is 34.8 Å². The Morgan fingerprint density at radius 2 is 2.24 bits per heavy atom. The van der Waals surface area contributed by atoms with Gasteiger partial charge in [0.15, 0.2) is 5.78 Å². The molecule has 1 aromatic carbocycles. The highest BCUT2D eigenvalue weighted by molar-refractivity contribution is 6.00. The Labute approximate surface area is 101 Å². The molecule has 1 aromatic rings. The van der Waals surface area contributed by atoms with E-state index in [-0.39, 0.29) is 11.7 Å². The van der Waals surface area contributed by atoms with Crippen molar-refractivity contribution < 1.29 is 9.59 Å². The molecule has 0 unspecified atom stereocenters. The zero-order valence-corrected chi connectivity index (χ0v) is 9.82. The minimum absolute atomic E-state index is 0.0331. The van der Waals surface area contributed by atoms with Crippen molar-refractivity contribution in [2.24, 2.45) is 0 Å². The first kappa shape index (κ1) is 11.6. The summed E-state index contributed by atoms with van der Waals surface area (Å²) in [4.78, 5) is 22.1. The summed E-state index contributed by atoms with van der Waals surface area (Å²) in [6.45, 7) is 2.03.